The zero-order valence-corrected chi connectivity index (χ0v) is 11.7. The molecule has 0 fully saturated rings. The van der Waals surface area contributed by atoms with E-state index in [-0.39, 0.29) is 6.04 Å². The third-order valence-electron chi connectivity index (χ3n) is 2.50. The molecule has 2 heterocycles. The van der Waals surface area contributed by atoms with E-state index in [0.29, 0.717) is 36.3 Å². The molecular weight excluding hydrogens is 258 g/mol. The summed E-state index contributed by atoms with van der Waals surface area (Å²) in [6, 6.07) is 2.27. The minimum Gasteiger partial charge on any atom is -0.383 e. The fourth-order valence-corrected chi connectivity index (χ4v) is 1.67. The molecule has 0 aromatic carbocycles. The van der Waals surface area contributed by atoms with Gasteiger partial charge in [0.15, 0.2) is 5.82 Å². The van der Waals surface area contributed by atoms with Gasteiger partial charge in [0, 0.05) is 19.7 Å². The van der Waals surface area contributed by atoms with Crippen LogP contribution in [-0.4, -0.2) is 45.9 Å². The van der Waals surface area contributed by atoms with Gasteiger partial charge in [-0.1, -0.05) is 0 Å². The number of hydrogen-bond donors (Lipinski definition) is 2. The molecule has 0 amide bonds. The van der Waals surface area contributed by atoms with Gasteiger partial charge in [-0.15, -0.1) is 5.10 Å². The maximum atomic E-state index is 9.15. The van der Waals surface area contributed by atoms with E-state index in [1.807, 2.05) is 13.8 Å². The SMILES string of the molecule is COCCNc1nc2ncc(C#N)c(NC(C)C)n2n1. The molecule has 0 aliphatic heterocycles. The molecule has 106 valence electrons. The predicted molar refractivity (Wildman–Crippen MR) is 74.6 cm³/mol. The van der Waals surface area contributed by atoms with Crippen LogP contribution < -0.4 is 10.6 Å². The van der Waals surface area contributed by atoms with Crippen LogP contribution in [0.15, 0.2) is 6.20 Å². The number of anilines is 2. The van der Waals surface area contributed by atoms with Crippen molar-refractivity contribution >= 4 is 17.5 Å². The summed E-state index contributed by atoms with van der Waals surface area (Å²) in [5, 5.41) is 19.7. The number of fused-ring (bicyclic) bond motifs is 1. The molecule has 0 saturated heterocycles. The normalized spacial score (nSPS) is 10.8. The molecule has 2 aromatic heterocycles. The zero-order valence-electron chi connectivity index (χ0n) is 11.7. The molecule has 0 spiro atoms. The number of hydrogen-bond acceptors (Lipinski definition) is 7. The third-order valence-corrected chi connectivity index (χ3v) is 2.50. The van der Waals surface area contributed by atoms with Crippen molar-refractivity contribution in [1.82, 2.24) is 19.6 Å². The van der Waals surface area contributed by atoms with E-state index in [1.54, 1.807) is 7.11 Å². The molecule has 0 atom stereocenters. The zero-order chi connectivity index (χ0) is 14.5. The molecular formula is C12H17N7O. The van der Waals surface area contributed by atoms with Gasteiger partial charge in [-0.25, -0.2) is 4.98 Å². The van der Waals surface area contributed by atoms with Gasteiger partial charge in [-0.3, -0.25) is 0 Å². The molecule has 0 unspecified atom stereocenters. The molecule has 8 nitrogen and oxygen atoms in total. The van der Waals surface area contributed by atoms with Crippen LogP contribution in [0.25, 0.3) is 5.78 Å². The number of nitrogens with one attached hydrogen (secondary N) is 2. The first-order valence-corrected chi connectivity index (χ1v) is 6.31. The molecule has 0 saturated carbocycles. The standard InChI is InChI=1S/C12H17N7O/c1-8(2)16-10-9(6-13)7-15-12-17-11(18-19(10)12)14-4-5-20-3/h7-8,16H,4-5H2,1-3H3,(H,14,18). The highest BCUT2D eigenvalue weighted by atomic mass is 16.5. The van der Waals surface area contributed by atoms with E-state index < -0.39 is 0 Å². The summed E-state index contributed by atoms with van der Waals surface area (Å²) >= 11 is 0. The van der Waals surface area contributed by atoms with E-state index in [0.717, 1.165) is 0 Å². The molecule has 0 aliphatic carbocycles. The highest BCUT2D eigenvalue weighted by molar-refractivity contribution is 5.56. The molecule has 2 rings (SSSR count). The first-order valence-electron chi connectivity index (χ1n) is 6.31. The average Bonchev–Trinajstić information content (AvgIpc) is 2.82. The lowest BCUT2D eigenvalue weighted by molar-refractivity contribution is 0.210. The molecule has 0 bridgehead atoms. The number of aromatic nitrogens is 4. The van der Waals surface area contributed by atoms with Crippen LogP contribution in [0.5, 0.6) is 0 Å². The monoisotopic (exact) mass is 275 g/mol. The highest BCUT2D eigenvalue weighted by Crippen LogP contribution is 2.16. The van der Waals surface area contributed by atoms with E-state index >= 15 is 0 Å². The lowest BCUT2D eigenvalue weighted by atomic mass is 10.3. The van der Waals surface area contributed by atoms with Crippen molar-refractivity contribution in [2.45, 2.75) is 19.9 Å². The Morgan fingerprint density at radius 3 is 2.95 bits per heavy atom. The summed E-state index contributed by atoms with van der Waals surface area (Å²) < 4.78 is 6.49. The van der Waals surface area contributed by atoms with Crippen molar-refractivity contribution in [1.29, 1.82) is 5.26 Å². The Morgan fingerprint density at radius 2 is 2.30 bits per heavy atom. The topological polar surface area (TPSA) is 100 Å². The summed E-state index contributed by atoms with van der Waals surface area (Å²) in [7, 11) is 1.63. The molecule has 2 aromatic rings. The smallest absolute Gasteiger partial charge is 0.255 e. The van der Waals surface area contributed by atoms with E-state index in [2.05, 4.69) is 31.8 Å². The first-order chi connectivity index (χ1) is 9.65. The number of ether oxygens (including phenoxy) is 1. The maximum Gasteiger partial charge on any atom is 0.255 e. The average molecular weight is 275 g/mol. The molecule has 8 heteroatoms. The van der Waals surface area contributed by atoms with Crippen LogP contribution in [0.3, 0.4) is 0 Å². The van der Waals surface area contributed by atoms with Gasteiger partial charge in [-0.05, 0) is 13.8 Å². The Bertz CT molecular complexity index is 629. The summed E-state index contributed by atoms with van der Waals surface area (Å²) in [5.74, 6) is 1.49. The van der Waals surface area contributed by atoms with Gasteiger partial charge in [0.05, 0.1) is 12.8 Å². The van der Waals surface area contributed by atoms with Crippen molar-refractivity contribution in [3.05, 3.63) is 11.8 Å². The Labute approximate surface area is 116 Å². The van der Waals surface area contributed by atoms with Crippen LogP contribution in [0.4, 0.5) is 11.8 Å². The van der Waals surface area contributed by atoms with E-state index in [1.165, 1.54) is 10.7 Å². The van der Waals surface area contributed by atoms with E-state index in [9.17, 15) is 0 Å². The quantitative estimate of drug-likeness (QED) is 0.754. The fourth-order valence-electron chi connectivity index (χ4n) is 1.67. The second-order valence-corrected chi connectivity index (χ2v) is 4.50. The first kappa shape index (κ1) is 14.0. The summed E-state index contributed by atoms with van der Waals surface area (Å²) in [6.07, 6.45) is 1.49. The van der Waals surface area contributed by atoms with Crippen LogP contribution in [-0.2, 0) is 4.74 Å². The van der Waals surface area contributed by atoms with Crippen molar-refractivity contribution in [2.75, 3.05) is 30.9 Å². The fraction of sp³-hybridized carbons (Fsp3) is 0.500. The number of methoxy groups -OCH3 is 1. The Kier molecular flexibility index (Phi) is 4.32. The van der Waals surface area contributed by atoms with Crippen molar-refractivity contribution < 1.29 is 4.74 Å². The second kappa shape index (κ2) is 6.16. The predicted octanol–water partition coefficient (Wildman–Crippen LogP) is 0.875. The second-order valence-electron chi connectivity index (χ2n) is 4.50. The Morgan fingerprint density at radius 1 is 1.50 bits per heavy atom. The molecule has 0 aliphatic rings. The lowest BCUT2D eigenvalue weighted by Gasteiger charge is -2.11. The Hall–Kier alpha value is -2.40. The largest absolute Gasteiger partial charge is 0.383 e. The third kappa shape index (κ3) is 2.95. The van der Waals surface area contributed by atoms with Gasteiger partial charge in [-0.2, -0.15) is 14.8 Å². The summed E-state index contributed by atoms with van der Waals surface area (Å²) in [4.78, 5) is 8.38. The molecule has 0 radical (unpaired) electrons. The van der Waals surface area contributed by atoms with Gasteiger partial charge >= 0.3 is 0 Å². The van der Waals surface area contributed by atoms with Gasteiger partial charge < -0.3 is 15.4 Å². The van der Waals surface area contributed by atoms with Crippen LogP contribution >= 0.6 is 0 Å². The number of nitriles is 1. The molecule has 2 N–H and O–H groups in total. The van der Waals surface area contributed by atoms with E-state index in [4.69, 9.17) is 10.00 Å². The van der Waals surface area contributed by atoms with Crippen LogP contribution in [0, 0.1) is 11.3 Å². The van der Waals surface area contributed by atoms with Crippen molar-refractivity contribution in [3.63, 3.8) is 0 Å². The lowest BCUT2D eigenvalue weighted by Crippen LogP contribution is -2.15. The van der Waals surface area contributed by atoms with Crippen molar-refractivity contribution in [3.8, 4) is 6.07 Å². The summed E-state index contributed by atoms with van der Waals surface area (Å²) in [6.45, 7) is 5.14. The number of rotatable bonds is 6. The van der Waals surface area contributed by atoms with Gasteiger partial charge in [0.1, 0.15) is 11.6 Å². The van der Waals surface area contributed by atoms with Gasteiger partial charge in [0.25, 0.3) is 5.78 Å². The minimum absolute atomic E-state index is 0.168. The minimum atomic E-state index is 0.168. The van der Waals surface area contributed by atoms with Crippen LogP contribution in [0.1, 0.15) is 19.4 Å². The number of nitrogens with zero attached hydrogens (tertiary/aromatic N) is 5. The summed E-state index contributed by atoms with van der Waals surface area (Å²) in [5.41, 5.74) is 0.430. The van der Waals surface area contributed by atoms with Gasteiger partial charge in [0.2, 0.25) is 5.95 Å². The maximum absolute atomic E-state index is 9.15. The van der Waals surface area contributed by atoms with Crippen molar-refractivity contribution in [2.24, 2.45) is 0 Å². The Balaban J connectivity index is 2.37. The van der Waals surface area contributed by atoms with Crippen LogP contribution in [0.2, 0.25) is 0 Å². The highest BCUT2D eigenvalue weighted by Gasteiger charge is 2.13. The molecule has 20 heavy (non-hydrogen) atoms.